The van der Waals surface area contributed by atoms with Gasteiger partial charge in [-0.15, -0.1) is 0 Å². The Morgan fingerprint density at radius 2 is 1.70 bits per heavy atom. The van der Waals surface area contributed by atoms with E-state index < -0.39 is 0 Å². The predicted molar refractivity (Wildman–Crippen MR) is 104 cm³/mol. The lowest BCUT2D eigenvalue weighted by Gasteiger charge is -2.42. The van der Waals surface area contributed by atoms with E-state index in [1.54, 1.807) is 12.4 Å². The van der Waals surface area contributed by atoms with Crippen molar-refractivity contribution in [1.82, 2.24) is 14.9 Å². The molecule has 0 N–H and O–H groups in total. The number of aromatic nitrogens is 2. The van der Waals surface area contributed by atoms with Crippen molar-refractivity contribution in [3.8, 4) is 0 Å². The third-order valence-corrected chi connectivity index (χ3v) is 6.48. The van der Waals surface area contributed by atoms with Crippen LogP contribution in [0.5, 0.6) is 0 Å². The van der Waals surface area contributed by atoms with E-state index in [9.17, 15) is 4.79 Å². The Morgan fingerprint density at radius 3 is 2.41 bits per heavy atom. The molecule has 5 heteroatoms. The Bertz CT molecular complexity index is 825. The van der Waals surface area contributed by atoms with Crippen LogP contribution in [-0.4, -0.2) is 40.4 Å². The molecule has 0 bridgehead atoms. The molecule has 140 valence electrons. The van der Waals surface area contributed by atoms with Gasteiger partial charge in [-0.3, -0.25) is 4.79 Å². The number of anilines is 1. The monoisotopic (exact) mass is 362 g/mol. The van der Waals surface area contributed by atoms with Gasteiger partial charge in [0.2, 0.25) is 11.9 Å². The molecule has 1 amide bonds. The lowest BCUT2D eigenvalue weighted by Crippen LogP contribution is -2.50. The number of rotatable bonds is 3. The molecule has 3 aliphatic rings. The third-order valence-electron chi connectivity index (χ3n) is 6.48. The second-order valence-electron chi connectivity index (χ2n) is 8.39. The minimum absolute atomic E-state index is 0.271. The van der Waals surface area contributed by atoms with Gasteiger partial charge in [0.25, 0.3) is 0 Å². The van der Waals surface area contributed by atoms with Gasteiger partial charge in [-0.05, 0) is 55.2 Å². The van der Waals surface area contributed by atoms with Crippen LogP contribution < -0.4 is 4.90 Å². The molecular formula is C22H26N4O. The Hall–Kier alpha value is -2.43. The average Bonchev–Trinajstić information content (AvgIpc) is 3.54. The SMILES string of the molecule is O=C1N(CC2CC2)Cc2ccccc2CC12CCN(c1ncccn1)CC2. The summed E-state index contributed by atoms with van der Waals surface area (Å²) in [6.07, 6.45) is 8.75. The fourth-order valence-electron chi connectivity index (χ4n) is 4.68. The van der Waals surface area contributed by atoms with Gasteiger partial charge in [0.1, 0.15) is 0 Å². The van der Waals surface area contributed by atoms with E-state index in [4.69, 9.17) is 0 Å². The van der Waals surface area contributed by atoms with Crippen molar-refractivity contribution in [2.24, 2.45) is 11.3 Å². The molecule has 3 heterocycles. The molecule has 2 fully saturated rings. The zero-order valence-corrected chi connectivity index (χ0v) is 15.7. The van der Waals surface area contributed by atoms with Crippen LogP contribution in [0.15, 0.2) is 42.7 Å². The maximum atomic E-state index is 13.7. The maximum Gasteiger partial charge on any atom is 0.229 e. The van der Waals surface area contributed by atoms with Crippen molar-refractivity contribution in [2.75, 3.05) is 24.5 Å². The van der Waals surface area contributed by atoms with E-state index >= 15 is 0 Å². The molecule has 1 saturated carbocycles. The highest BCUT2D eigenvalue weighted by Gasteiger charge is 2.46. The molecule has 27 heavy (non-hydrogen) atoms. The number of benzene rings is 1. The van der Waals surface area contributed by atoms with Crippen LogP contribution >= 0.6 is 0 Å². The first kappa shape index (κ1) is 16.7. The second kappa shape index (κ2) is 6.63. The first-order valence-electron chi connectivity index (χ1n) is 10.1. The molecular weight excluding hydrogens is 336 g/mol. The highest BCUT2D eigenvalue weighted by molar-refractivity contribution is 5.84. The van der Waals surface area contributed by atoms with Gasteiger partial charge in [0, 0.05) is 38.6 Å². The summed E-state index contributed by atoms with van der Waals surface area (Å²) >= 11 is 0. The minimum atomic E-state index is -0.271. The van der Waals surface area contributed by atoms with Crippen LogP contribution in [0.1, 0.15) is 36.8 Å². The van der Waals surface area contributed by atoms with E-state index in [1.807, 2.05) is 6.07 Å². The van der Waals surface area contributed by atoms with E-state index in [2.05, 4.69) is 44.0 Å². The zero-order valence-electron chi connectivity index (χ0n) is 15.7. The lowest BCUT2D eigenvalue weighted by atomic mass is 9.73. The first-order valence-corrected chi connectivity index (χ1v) is 10.1. The topological polar surface area (TPSA) is 49.3 Å². The number of carbonyl (C=O) groups excluding carboxylic acids is 1. The number of fused-ring (bicyclic) bond motifs is 1. The lowest BCUT2D eigenvalue weighted by molar-refractivity contribution is -0.144. The summed E-state index contributed by atoms with van der Waals surface area (Å²) in [5.74, 6) is 1.87. The molecule has 5 rings (SSSR count). The van der Waals surface area contributed by atoms with Crippen LogP contribution in [0, 0.1) is 11.3 Å². The minimum Gasteiger partial charge on any atom is -0.341 e. The molecule has 0 atom stereocenters. The Balaban J connectivity index is 1.42. The number of carbonyl (C=O) groups is 1. The molecule has 0 radical (unpaired) electrons. The van der Waals surface area contributed by atoms with Crippen LogP contribution in [-0.2, 0) is 17.8 Å². The van der Waals surface area contributed by atoms with Gasteiger partial charge in [0.15, 0.2) is 0 Å². The molecule has 1 aliphatic carbocycles. The smallest absolute Gasteiger partial charge is 0.229 e. The Kier molecular flexibility index (Phi) is 4.10. The van der Waals surface area contributed by atoms with E-state index in [1.165, 1.54) is 24.0 Å². The van der Waals surface area contributed by atoms with Gasteiger partial charge in [-0.2, -0.15) is 0 Å². The van der Waals surface area contributed by atoms with E-state index in [-0.39, 0.29) is 5.41 Å². The molecule has 2 aromatic rings. The largest absolute Gasteiger partial charge is 0.341 e. The summed E-state index contributed by atoms with van der Waals surface area (Å²) in [4.78, 5) is 26.8. The summed E-state index contributed by atoms with van der Waals surface area (Å²) in [5.41, 5.74) is 2.41. The molecule has 1 aromatic heterocycles. The Labute approximate surface area is 160 Å². The van der Waals surface area contributed by atoms with Gasteiger partial charge in [-0.1, -0.05) is 24.3 Å². The quantitative estimate of drug-likeness (QED) is 0.842. The van der Waals surface area contributed by atoms with Crippen molar-refractivity contribution < 1.29 is 4.79 Å². The van der Waals surface area contributed by atoms with Gasteiger partial charge in [0.05, 0.1) is 5.41 Å². The first-order chi connectivity index (χ1) is 13.2. The van der Waals surface area contributed by atoms with Crippen LogP contribution in [0.25, 0.3) is 0 Å². The molecule has 0 unspecified atom stereocenters. The molecule has 5 nitrogen and oxygen atoms in total. The summed E-state index contributed by atoms with van der Waals surface area (Å²) in [6, 6.07) is 10.5. The standard InChI is InChI=1S/C22H26N4O/c27-20-22(8-12-25(13-9-22)21-23-10-3-11-24-21)14-18-4-1-2-5-19(18)16-26(20)15-17-6-7-17/h1-5,10-11,17H,6-9,12-16H2. The average molecular weight is 362 g/mol. The predicted octanol–water partition coefficient (Wildman–Crippen LogP) is 3.06. The van der Waals surface area contributed by atoms with Crippen molar-refractivity contribution in [2.45, 2.75) is 38.6 Å². The fourth-order valence-corrected chi connectivity index (χ4v) is 4.68. The van der Waals surface area contributed by atoms with Crippen molar-refractivity contribution in [3.05, 3.63) is 53.9 Å². The Morgan fingerprint density at radius 1 is 1.00 bits per heavy atom. The summed E-state index contributed by atoms with van der Waals surface area (Å²) < 4.78 is 0. The molecule has 1 saturated heterocycles. The van der Waals surface area contributed by atoms with Crippen LogP contribution in [0.3, 0.4) is 0 Å². The van der Waals surface area contributed by atoms with Gasteiger partial charge >= 0.3 is 0 Å². The van der Waals surface area contributed by atoms with Crippen molar-refractivity contribution in [3.63, 3.8) is 0 Å². The summed E-state index contributed by atoms with van der Waals surface area (Å²) in [5, 5.41) is 0. The van der Waals surface area contributed by atoms with Crippen molar-refractivity contribution >= 4 is 11.9 Å². The second-order valence-corrected chi connectivity index (χ2v) is 8.39. The highest BCUT2D eigenvalue weighted by Crippen LogP contribution is 2.42. The maximum absolute atomic E-state index is 13.7. The number of nitrogens with zero attached hydrogens (tertiary/aromatic N) is 4. The fraction of sp³-hybridized carbons (Fsp3) is 0.500. The molecule has 2 aliphatic heterocycles. The van der Waals surface area contributed by atoms with Crippen LogP contribution in [0.2, 0.25) is 0 Å². The normalized spacial score (nSPS) is 21.9. The van der Waals surface area contributed by atoms with E-state index in [0.717, 1.165) is 51.4 Å². The van der Waals surface area contributed by atoms with Crippen LogP contribution in [0.4, 0.5) is 5.95 Å². The molecule has 1 aromatic carbocycles. The van der Waals surface area contributed by atoms with Crippen molar-refractivity contribution in [1.29, 1.82) is 0 Å². The number of amides is 1. The zero-order chi connectivity index (χ0) is 18.3. The third kappa shape index (κ3) is 3.20. The highest BCUT2D eigenvalue weighted by atomic mass is 16.2. The number of hydrogen-bond acceptors (Lipinski definition) is 4. The molecule has 1 spiro atoms. The summed E-state index contributed by atoms with van der Waals surface area (Å²) in [6.45, 7) is 3.39. The van der Waals surface area contributed by atoms with E-state index in [0.29, 0.717) is 11.8 Å². The number of piperidine rings is 1. The summed E-state index contributed by atoms with van der Waals surface area (Å²) in [7, 11) is 0. The number of hydrogen-bond donors (Lipinski definition) is 0. The van der Waals surface area contributed by atoms with Gasteiger partial charge in [-0.25, -0.2) is 9.97 Å². The van der Waals surface area contributed by atoms with Gasteiger partial charge < -0.3 is 9.80 Å².